The lowest BCUT2D eigenvalue weighted by Crippen LogP contribution is -2.07. The van der Waals surface area contributed by atoms with E-state index < -0.39 is 0 Å². The van der Waals surface area contributed by atoms with Crippen LogP contribution in [0.1, 0.15) is 11.3 Å². The summed E-state index contributed by atoms with van der Waals surface area (Å²) in [5.74, 6) is 0.595. The Morgan fingerprint density at radius 1 is 1.28 bits per heavy atom. The standard InChI is InChI=1S/C14H15FN2O/c1-10-11(9-16-2)6-7-14(17-10)18-13-5-3-4-12(15)8-13/h3-8,16H,9H2,1-2H3. The third kappa shape index (κ3) is 3.05. The Labute approximate surface area is 106 Å². The van der Waals surface area contributed by atoms with Crippen LogP contribution in [-0.2, 0) is 6.54 Å². The van der Waals surface area contributed by atoms with Gasteiger partial charge in [0.05, 0.1) is 0 Å². The van der Waals surface area contributed by atoms with Crippen LogP contribution in [0.15, 0.2) is 36.4 Å². The summed E-state index contributed by atoms with van der Waals surface area (Å²) in [7, 11) is 1.89. The highest BCUT2D eigenvalue weighted by molar-refractivity contribution is 5.30. The Balaban J connectivity index is 2.17. The molecule has 2 rings (SSSR count). The summed E-state index contributed by atoms with van der Waals surface area (Å²) >= 11 is 0. The van der Waals surface area contributed by atoms with Gasteiger partial charge in [-0.15, -0.1) is 0 Å². The molecule has 0 fully saturated rings. The molecule has 18 heavy (non-hydrogen) atoms. The van der Waals surface area contributed by atoms with Gasteiger partial charge in [-0.3, -0.25) is 0 Å². The van der Waals surface area contributed by atoms with Gasteiger partial charge in [0, 0.05) is 24.4 Å². The number of pyridine rings is 1. The maximum atomic E-state index is 13.0. The van der Waals surface area contributed by atoms with Crippen LogP contribution in [0.4, 0.5) is 4.39 Å². The molecular weight excluding hydrogens is 231 g/mol. The third-order valence-corrected chi connectivity index (χ3v) is 2.56. The molecule has 1 heterocycles. The first-order valence-corrected chi connectivity index (χ1v) is 5.73. The topological polar surface area (TPSA) is 34.1 Å². The lowest BCUT2D eigenvalue weighted by Gasteiger charge is -2.08. The number of halogens is 1. The predicted octanol–water partition coefficient (Wildman–Crippen LogP) is 3.04. The van der Waals surface area contributed by atoms with E-state index in [-0.39, 0.29) is 5.82 Å². The van der Waals surface area contributed by atoms with Crippen molar-refractivity contribution in [2.24, 2.45) is 0 Å². The first-order valence-electron chi connectivity index (χ1n) is 5.73. The first kappa shape index (κ1) is 12.5. The maximum absolute atomic E-state index is 13.0. The lowest BCUT2D eigenvalue weighted by molar-refractivity contribution is 0.456. The SMILES string of the molecule is CNCc1ccc(Oc2cccc(F)c2)nc1C. The van der Waals surface area contributed by atoms with E-state index in [0.717, 1.165) is 17.8 Å². The van der Waals surface area contributed by atoms with E-state index in [0.29, 0.717) is 11.6 Å². The molecule has 1 aromatic heterocycles. The van der Waals surface area contributed by atoms with Gasteiger partial charge >= 0.3 is 0 Å². The molecule has 0 radical (unpaired) electrons. The minimum absolute atomic E-state index is 0.323. The van der Waals surface area contributed by atoms with Gasteiger partial charge in [0.2, 0.25) is 5.88 Å². The molecule has 94 valence electrons. The van der Waals surface area contributed by atoms with Crippen LogP contribution in [0.5, 0.6) is 11.6 Å². The summed E-state index contributed by atoms with van der Waals surface area (Å²) in [6.07, 6.45) is 0. The number of rotatable bonds is 4. The van der Waals surface area contributed by atoms with Crippen molar-refractivity contribution in [3.8, 4) is 11.6 Å². The highest BCUT2D eigenvalue weighted by Crippen LogP contribution is 2.21. The number of ether oxygens (including phenoxy) is 1. The highest BCUT2D eigenvalue weighted by atomic mass is 19.1. The van der Waals surface area contributed by atoms with Crippen molar-refractivity contribution in [3.63, 3.8) is 0 Å². The van der Waals surface area contributed by atoms with Crippen LogP contribution in [0, 0.1) is 12.7 Å². The van der Waals surface area contributed by atoms with E-state index in [2.05, 4.69) is 10.3 Å². The zero-order valence-electron chi connectivity index (χ0n) is 10.4. The van der Waals surface area contributed by atoms with E-state index in [4.69, 9.17) is 4.74 Å². The second kappa shape index (κ2) is 5.60. The average Bonchev–Trinajstić information content (AvgIpc) is 2.33. The molecule has 1 aromatic carbocycles. The molecule has 0 aliphatic rings. The van der Waals surface area contributed by atoms with E-state index in [1.807, 2.05) is 20.0 Å². The summed E-state index contributed by atoms with van der Waals surface area (Å²) in [6.45, 7) is 2.68. The summed E-state index contributed by atoms with van der Waals surface area (Å²) in [6, 6.07) is 9.74. The van der Waals surface area contributed by atoms with E-state index in [1.54, 1.807) is 18.2 Å². The molecule has 0 unspecified atom stereocenters. The molecule has 0 aliphatic heterocycles. The molecule has 0 saturated heterocycles. The van der Waals surface area contributed by atoms with Gasteiger partial charge in [-0.25, -0.2) is 9.37 Å². The van der Waals surface area contributed by atoms with Gasteiger partial charge < -0.3 is 10.1 Å². The van der Waals surface area contributed by atoms with E-state index in [9.17, 15) is 4.39 Å². The fourth-order valence-corrected chi connectivity index (χ4v) is 1.65. The molecular formula is C14H15FN2O. The van der Waals surface area contributed by atoms with Crippen LogP contribution in [0.25, 0.3) is 0 Å². The van der Waals surface area contributed by atoms with Crippen molar-refractivity contribution in [2.45, 2.75) is 13.5 Å². The van der Waals surface area contributed by atoms with Crippen LogP contribution in [0.3, 0.4) is 0 Å². The van der Waals surface area contributed by atoms with Crippen molar-refractivity contribution < 1.29 is 9.13 Å². The van der Waals surface area contributed by atoms with Crippen LogP contribution in [-0.4, -0.2) is 12.0 Å². The Bertz CT molecular complexity index is 543. The number of nitrogens with zero attached hydrogens (tertiary/aromatic N) is 1. The van der Waals surface area contributed by atoms with Crippen LogP contribution in [0.2, 0.25) is 0 Å². The van der Waals surface area contributed by atoms with Crippen molar-refractivity contribution in [1.29, 1.82) is 0 Å². The minimum Gasteiger partial charge on any atom is -0.439 e. The highest BCUT2D eigenvalue weighted by Gasteiger charge is 2.03. The summed E-state index contributed by atoms with van der Waals surface area (Å²) in [5, 5.41) is 3.07. The summed E-state index contributed by atoms with van der Waals surface area (Å²) in [5.41, 5.74) is 2.02. The molecule has 0 saturated carbocycles. The Hall–Kier alpha value is -1.94. The van der Waals surface area contributed by atoms with Gasteiger partial charge in [-0.05, 0) is 31.7 Å². The molecule has 0 aliphatic carbocycles. The minimum atomic E-state index is -0.323. The van der Waals surface area contributed by atoms with Crippen molar-refractivity contribution in [3.05, 3.63) is 53.5 Å². The summed E-state index contributed by atoms with van der Waals surface area (Å²) < 4.78 is 18.5. The Kier molecular flexibility index (Phi) is 3.89. The second-order valence-electron chi connectivity index (χ2n) is 3.98. The molecule has 0 atom stereocenters. The third-order valence-electron chi connectivity index (χ3n) is 2.56. The number of benzene rings is 1. The smallest absolute Gasteiger partial charge is 0.219 e. The van der Waals surface area contributed by atoms with Crippen LogP contribution >= 0.6 is 0 Å². The second-order valence-corrected chi connectivity index (χ2v) is 3.98. The summed E-state index contributed by atoms with van der Waals surface area (Å²) in [4.78, 5) is 4.33. The quantitative estimate of drug-likeness (QED) is 0.900. The zero-order valence-corrected chi connectivity index (χ0v) is 10.4. The fourth-order valence-electron chi connectivity index (χ4n) is 1.65. The zero-order chi connectivity index (χ0) is 13.0. The molecule has 0 spiro atoms. The Morgan fingerprint density at radius 3 is 2.78 bits per heavy atom. The van der Waals surface area contributed by atoms with E-state index >= 15 is 0 Å². The molecule has 0 bridgehead atoms. The van der Waals surface area contributed by atoms with E-state index in [1.165, 1.54) is 12.1 Å². The van der Waals surface area contributed by atoms with Crippen molar-refractivity contribution >= 4 is 0 Å². The predicted molar refractivity (Wildman–Crippen MR) is 68.2 cm³/mol. The number of aryl methyl sites for hydroxylation is 1. The van der Waals surface area contributed by atoms with Gasteiger partial charge in [0.25, 0.3) is 0 Å². The normalized spacial score (nSPS) is 10.4. The lowest BCUT2D eigenvalue weighted by atomic mass is 10.2. The molecule has 4 heteroatoms. The monoisotopic (exact) mass is 246 g/mol. The van der Waals surface area contributed by atoms with Gasteiger partial charge in [0.1, 0.15) is 11.6 Å². The Morgan fingerprint density at radius 2 is 2.11 bits per heavy atom. The largest absolute Gasteiger partial charge is 0.439 e. The molecule has 2 aromatic rings. The van der Waals surface area contributed by atoms with Crippen molar-refractivity contribution in [1.82, 2.24) is 10.3 Å². The molecule has 1 N–H and O–H groups in total. The van der Waals surface area contributed by atoms with Crippen LogP contribution < -0.4 is 10.1 Å². The fraction of sp³-hybridized carbons (Fsp3) is 0.214. The van der Waals surface area contributed by atoms with Gasteiger partial charge in [-0.1, -0.05) is 12.1 Å². The average molecular weight is 246 g/mol. The number of aromatic nitrogens is 1. The van der Waals surface area contributed by atoms with Gasteiger partial charge in [-0.2, -0.15) is 0 Å². The molecule has 3 nitrogen and oxygen atoms in total. The first-order chi connectivity index (χ1) is 8.69. The molecule has 0 amide bonds. The van der Waals surface area contributed by atoms with Gasteiger partial charge in [0.15, 0.2) is 0 Å². The number of hydrogen-bond donors (Lipinski definition) is 1. The number of hydrogen-bond acceptors (Lipinski definition) is 3. The number of nitrogens with one attached hydrogen (secondary N) is 1. The maximum Gasteiger partial charge on any atom is 0.219 e. The van der Waals surface area contributed by atoms with Crippen molar-refractivity contribution in [2.75, 3.05) is 7.05 Å².